The number of benzene rings is 1. The van der Waals surface area contributed by atoms with Gasteiger partial charge in [0.05, 0.1) is 5.02 Å². The van der Waals surface area contributed by atoms with Crippen LogP contribution in [0.15, 0.2) is 34.0 Å². The Morgan fingerprint density at radius 1 is 1.18 bits per heavy atom. The Kier molecular flexibility index (Phi) is 7.21. The van der Waals surface area contributed by atoms with Crippen LogP contribution in [0.1, 0.15) is 69.2 Å². The number of halogens is 1. The Hall–Kier alpha value is -2.23. The van der Waals surface area contributed by atoms with E-state index in [1.807, 2.05) is 0 Å². The monoisotopic (exact) mass is 491 g/mol. The number of aromatic nitrogens is 2. The molecule has 10 heteroatoms. The number of hydrogen-bond donors (Lipinski definition) is 3. The van der Waals surface area contributed by atoms with Crippen LogP contribution in [-0.4, -0.2) is 47.5 Å². The quantitative estimate of drug-likeness (QED) is 0.525. The normalized spacial score (nSPS) is 20.5. The molecule has 4 rings (SSSR count). The number of aromatic amines is 1. The SMILES string of the molecule is CC(=N)c1c(NC2CCCCC2)nc(C2CCCN(S(=O)(=O)c3ccccc3Cl)C2)[nH]c1=O. The van der Waals surface area contributed by atoms with Gasteiger partial charge >= 0.3 is 0 Å². The number of anilines is 1. The van der Waals surface area contributed by atoms with Gasteiger partial charge < -0.3 is 15.7 Å². The summed E-state index contributed by atoms with van der Waals surface area (Å²) in [5.41, 5.74) is 0.0396. The molecule has 0 radical (unpaired) electrons. The molecular formula is C23H30ClN5O3S. The molecule has 178 valence electrons. The fourth-order valence-corrected chi connectivity index (χ4v) is 6.77. The van der Waals surface area contributed by atoms with Crippen LogP contribution in [-0.2, 0) is 10.0 Å². The number of sulfonamides is 1. The second-order valence-corrected chi connectivity index (χ2v) is 11.2. The minimum atomic E-state index is -3.77. The Morgan fingerprint density at radius 3 is 2.61 bits per heavy atom. The summed E-state index contributed by atoms with van der Waals surface area (Å²) >= 11 is 6.17. The molecule has 2 aromatic rings. The van der Waals surface area contributed by atoms with E-state index < -0.39 is 10.0 Å². The van der Waals surface area contributed by atoms with Crippen molar-refractivity contribution in [2.24, 2.45) is 0 Å². The number of nitrogens with zero attached hydrogens (tertiary/aromatic N) is 2. The molecule has 3 N–H and O–H groups in total. The van der Waals surface area contributed by atoms with Crippen molar-refractivity contribution in [3.8, 4) is 0 Å². The molecule has 8 nitrogen and oxygen atoms in total. The maximum Gasteiger partial charge on any atom is 0.262 e. The molecule has 2 fully saturated rings. The zero-order valence-electron chi connectivity index (χ0n) is 18.7. The molecule has 1 atom stereocenters. The molecule has 0 amide bonds. The Balaban J connectivity index is 1.63. The first-order valence-corrected chi connectivity index (χ1v) is 13.3. The molecule has 0 spiro atoms. The molecule has 1 saturated heterocycles. The van der Waals surface area contributed by atoms with Crippen LogP contribution < -0.4 is 10.9 Å². The van der Waals surface area contributed by atoms with Crippen molar-refractivity contribution >= 4 is 33.2 Å². The largest absolute Gasteiger partial charge is 0.367 e. The highest BCUT2D eigenvalue weighted by Gasteiger charge is 2.33. The zero-order valence-corrected chi connectivity index (χ0v) is 20.3. The molecule has 33 heavy (non-hydrogen) atoms. The van der Waals surface area contributed by atoms with Crippen LogP contribution in [0.2, 0.25) is 5.02 Å². The van der Waals surface area contributed by atoms with E-state index in [0.29, 0.717) is 31.0 Å². The maximum absolute atomic E-state index is 13.2. The third-order valence-corrected chi connectivity index (χ3v) is 8.85. The van der Waals surface area contributed by atoms with Crippen molar-refractivity contribution in [3.05, 3.63) is 51.0 Å². The summed E-state index contributed by atoms with van der Waals surface area (Å²) in [5, 5.41) is 11.7. The third-order valence-electron chi connectivity index (χ3n) is 6.48. The molecule has 2 heterocycles. The Bertz CT molecular complexity index is 1190. The summed E-state index contributed by atoms with van der Waals surface area (Å²) in [6.45, 7) is 2.18. The predicted molar refractivity (Wildman–Crippen MR) is 130 cm³/mol. The Labute approximate surface area is 199 Å². The number of hydrogen-bond acceptors (Lipinski definition) is 6. The van der Waals surface area contributed by atoms with Gasteiger partial charge in [-0.2, -0.15) is 4.31 Å². The topological polar surface area (TPSA) is 119 Å². The number of rotatable bonds is 6. The molecule has 1 unspecified atom stereocenters. The summed E-state index contributed by atoms with van der Waals surface area (Å²) in [6.07, 6.45) is 6.84. The standard InChI is InChI=1S/C23H30ClN5O3S/c1-15(25)20-22(26-17-9-3-2-4-10-17)27-21(28-23(20)30)16-8-7-13-29(14-16)33(31,32)19-12-6-5-11-18(19)24/h5-6,11-12,16-17,25H,2-4,7-10,13-14H2,1H3,(H2,26,27,28,30). The molecule has 1 aromatic carbocycles. The van der Waals surface area contributed by atoms with Gasteiger partial charge in [-0.15, -0.1) is 0 Å². The zero-order chi connectivity index (χ0) is 23.6. The van der Waals surface area contributed by atoms with Gasteiger partial charge in [-0.1, -0.05) is 43.0 Å². The Morgan fingerprint density at radius 2 is 1.91 bits per heavy atom. The first kappa shape index (κ1) is 23.9. The minimum Gasteiger partial charge on any atom is -0.367 e. The third kappa shape index (κ3) is 5.15. The van der Waals surface area contributed by atoms with E-state index in [2.05, 4.69) is 10.3 Å². The smallest absolute Gasteiger partial charge is 0.262 e. The lowest BCUT2D eigenvalue weighted by Crippen LogP contribution is -2.40. The van der Waals surface area contributed by atoms with Crippen molar-refractivity contribution in [2.75, 3.05) is 18.4 Å². The van der Waals surface area contributed by atoms with Gasteiger partial charge in [0.25, 0.3) is 5.56 Å². The van der Waals surface area contributed by atoms with Gasteiger partial charge in [-0.3, -0.25) is 4.79 Å². The first-order chi connectivity index (χ1) is 15.8. The van der Waals surface area contributed by atoms with Gasteiger partial charge in [0, 0.05) is 30.8 Å². The van der Waals surface area contributed by atoms with E-state index in [1.54, 1.807) is 25.1 Å². The molecule has 1 aliphatic carbocycles. The lowest BCUT2D eigenvalue weighted by atomic mass is 9.95. The second kappa shape index (κ2) is 9.95. The molecular weight excluding hydrogens is 462 g/mol. The average molecular weight is 492 g/mol. The van der Waals surface area contributed by atoms with E-state index in [9.17, 15) is 13.2 Å². The highest BCUT2D eigenvalue weighted by molar-refractivity contribution is 7.89. The summed E-state index contributed by atoms with van der Waals surface area (Å²) in [6, 6.07) is 6.65. The van der Waals surface area contributed by atoms with Gasteiger partial charge in [0.1, 0.15) is 22.1 Å². The van der Waals surface area contributed by atoms with Crippen molar-refractivity contribution in [1.29, 1.82) is 5.41 Å². The van der Waals surface area contributed by atoms with Crippen LogP contribution in [0.3, 0.4) is 0 Å². The van der Waals surface area contributed by atoms with Crippen molar-refractivity contribution in [2.45, 2.75) is 68.7 Å². The average Bonchev–Trinajstić information content (AvgIpc) is 2.79. The number of H-pyrrole nitrogens is 1. The molecule has 2 aliphatic rings. The number of nitrogens with one attached hydrogen (secondary N) is 3. The first-order valence-electron chi connectivity index (χ1n) is 11.5. The predicted octanol–water partition coefficient (Wildman–Crippen LogP) is 4.12. The van der Waals surface area contributed by atoms with E-state index in [-0.39, 0.29) is 45.3 Å². The van der Waals surface area contributed by atoms with Crippen molar-refractivity contribution < 1.29 is 8.42 Å². The van der Waals surface area contributed by atoms with E-state index in [1.165, 1.54) is 16.8 Å². The van der Waals surface area contributed by atoms with Crippen LogP contribution >= 0.6 is 11.6 Å². The lowest BCUT2D eigenvalue weighted by Gasteiger charge is -2.32. The van der Waals surface area contributed by atoms with Gasteiger partial charge in [0.2, 0.25) is 10.0 Å². The highest BCUT2D eigenvalue weighted by Crippen LogP contribution is 2.32. The van der Waals surface area contributed by atoms with E-state index >= 15 is 0 Å². The maximum atomic E-state index is 13.2. The van der Waals surface area contributed by atoms with E-state index in [4.69, 9.17) is 22.0 Å². The van der Waals surface area contributed by atoms with Crippen LogP contribution in [0.4, 0.5) is 5.82 Å². The summed E-state index contributed by atoms with van der Waals surface area (Å²) in [5.74, 6) is 0.636. The van der Waals surface area contributed by atoms with Crippen molar-refractivity contribution in [1.82, 2.24) is 14.3 Å². The van der Waals surface area contributed by atoms with Gasteiger partial charge in [0.15, 0.2) is 0 Å². The summed E-state index contributed by atoms with van der Waals surface area (Å²) < 4.78 is 27.9. The van der Waals surface area contributed by atoms with Crippen LogP contribution in [0.5, 0.6) is 0 Å². The second-order valence-electron chi connectivity index (χ2n) is 8.91. The van der Waals surface area contributed by atoms with Crippen LogP contribution in [0, 0.1) is 5.41 Å². The highest BCUT2D eigenvalue weighted by atomic mass is 35.5. The van der Waals surface area contributed by atoms with Crippen LogP contribution in [0.25, 0.3) is 0 Å². The molecule has 1 saturated carbocycles. The lowest BCUT2D eigenvalue weighted by molar-refractivity contribution is 0.309. The van der Waals surface area contributed by atoms with Crippen molar-refractivity contribution in [3.63, 3.8) is 0 Å². The van der Waals surface area contributed by atoms with E-state index in [0.717, 1.165) is 25.7 Å². The summed E-state index contributed by atoms with van der Waals surface area (Å²) in [4.78, 5) is 20.5. The fraction of sp³-hybridized carbons (Fsp3) is 0.522. The minimum absolute atomic E-state index is 0.0863. The number of piperidine rings is 1. The molecule has 1 aromatic heterocycles. The van der Waals surface area contributed by atoms with Gasteiger partial charge in [-0.05, 0) is 44.7 Å². The summed E-state index contributed by atoms with van der Waals surface area (Å²) in [7, 11) is -3.77. The molecule has 1 aliphatic heterocycles. The molecule has 0 bridgehead atoms. The fourth-order valence-electron chi connectivity index (χ4n) is 4.75. The van der Waals surface area contributed by atoms with Gasteiger partial charge in [-0.25, -0.2) is 13.4 Å².